The average Bonchev–Trinajstić information content (AvgIpc) is 2.84. The Morgan fingerprint density at radius 1 is 0.903 bits per heavy atom. The number of fused-ring (bicyclic) bond motifs is 1. The third-order valence-electron chi connectivity index (χ3n) is 6.23. The molecule has 5 rings (SSSR count). The number of piperazine rings is 1. The Balaban J connectivity index is 1.22. The highest BCUT2D eigenvalue weighted by molar-refractivity contribution is 5.80. The zero-order valence-electron chi connectivity index (χ0n) is 17.3. The van der Waals surface area contributed by atoms with E-state index in [2.05, 4.69) is 24.8 Å². The molecular formula is C23H25FN6O. The fraction of sp³-hybridized carbons (Fsp3) is 0.391. The maximum absolute atomic E-state index is 13.2. The number of amides is 1. The monoisotopic (exact) mass is 420 g/mol. The summed E-state index contributed by atoms with van der Waals surface area (Å²) in [7, 11) is 0. The fourth-order valence-electron chi connectivity index (χ4n) is 4.53. The van der Waals surface area contributed by atoms with Crippen LogP contribution in [0.5, 0.6) is 0 Å². The standard InChI is InChI=1S/C23H25FN6O/c24-18-3-5-19(6-4-18)28-10-12-29(13-11-28)23(31)17-2-1-9-30(16-17)20-14-21-22(27-15-20)26-8-7-25-21/h3-8,14-15,17H,1-2,9-13,16H2/t17-/m1/s1. The number of carbonyl (C=O) groups is 1. The third-order valence-corrected chi connectivity index (χ3v) is 6.23. The van der Waals surface area contributed by atoms with E-state index in [0.717, 1.165) is 49.4 Å². The summed E-state index contributed by atoms with van der Waals surface area (Å²) >= 11 is 0. The molecule has 2 fully saturated rings. The van der Waals surface area contributed by atoms with Gasteiger partial charge in [0.1, 0.15) is 11.3 Å². The van der Waals surface area contributed by atoms with Crippen LogP contribution in [0, 0.1) is 11.7 Å². The summed E-state index contributed by atoms with van der Waals surface area (Å²) in [6, 6.07) is 8.57. The van der Waals surface area contributed by atoms with Gasteiger partial charge in [-0.3, -0.25) is 9.78 Å². The maximum Gasteiger partial charge on any atom is 0.227 e. The third kappa shape index (κ3) is 4.15. The van der Waals surface area contributed by atoms with Gasteiger partial charge in [-0.2, -0.15) is 0 Å². The first-order valence-corrected chi connectivity index (χ1v) is 10.8. The number of hydrogen-bond donors (Lipinski definition) is 0. The molecule has 0 aliphatic carbocycles. The molecule has 0 spiro atoms. The molecule has 0 bridgehead atoms. The Kier molecular flexibility index (Phi) is 5.36. The zero-order valence-corrected chi connectivity index (χ0v) is 17.3. The summed E-state index contributed by atoms with van der Waals surface area (Å²) in [5.41, 5.74) is 3.40. The molecule has 2 saturated heterocycles. The van der Waals surface area contributed by atoms with Gasteiger partial charge in [-0.05, 0) is 43.2 Å². The van der Waals surface area contributed by atoms with E-state index < -0.39 is 0 Å². The molecule has 7 nitrogen and oxygen atoms in total. The van der Waals surface area contributed by atoms with Gasteiger partial charge in [0.2, 0.25) is 5.91 Å². The van der Waals surface area contributed by atoms with Crippen LogP contribution in [0.25, 0.3) is 11.2 Å². The van der Waals surface area contributed by atoms with E-state index in [4.69, 9.17) is 0 Å². The largest absolute Gasteiger partial charge is 0.369 e. The molecule has 0 radical (unpaired) electrons. The number of anilines is 2. The summed E-state index contributed by atoms with van der Waals surface area (Å²) in [6.45, 7) is 4.53. The Bertz CT molecular complexity index is 1070. The molecule has 3 aromatic rings. The van der Waals surface area contributed by atoms with Gasteiger partial charge < -0.3 is 14.7 Å². The fourth-order valence-corrected chi connectivity index (χ4v) is 4.53. The predicted molar refractivity (Wildman–Crippen MR) is 117 cm³/mol. The number of piperidine rings is 1. The van der Waals surface area contributed by atoms with E-state index in [9.17, 15) is 9.18 Å². The van der Waals surface area contributed by atoms with Crippen LogP contribution >= 0.6 is 0 Å². The second-order valence-corrected chi connectivity index (χ2v) is 8.17. The quantitative estimate of drug-likeness (QED) is 0.649. The first-order chi connectivity index (χ1) is 15.2. The molecule has 2 aliphatic heterocycles. The lowest BCUT2D eigenvalue weighted by atomic mass is 9.95. The van der Waals surface area contributed by atoms with Crippen molar-refractivity contribution in [3.8, 4) is 0 Å². The molecule has 0 unspecified atom stereocenters. The van der Waals surface area contributed by atoms with E-state index in [0.29, 0.717) is 25.3 Å². The van der Waals surface area contributed by atoms with Gasteiger partial charge in [0.05, 0.1) is 17.8 Å². The van der Waals surface area contributed by atoms with E-state index in [-0.39, 0.29) is 17.6 Å². The first-order valence-electron chi connectivity index (χ1n) is 10.8. The summed E-state index contributed by atoms with van der Waals surface area (Å²) < 4.78 is 13.2. The van der Waals surface area contributed by atoms with Gasteiger partial charge in [-0.1, -0.05) is 0 Å². The van der Waals surface area contributed by atoms with Crippen molar-refractivity contribution in [2.24, 2.45) is 5.92 Å². The Labute approximate surface area is 180 Å². The highest BCUT2D eigenvalue weighted by Gasteiger charge is 2.31. The van der Waals surface area contributed by atoms with Crippen LogP contribution in [0.2, 0.25) is 0 Å². The van der Waals surface area contributed by atoms with Crippen molar-refractivity contribution in [3.63, 3.8) is 0 Å². The van der Waals surface area contributed by atoms with Crippen molar-refractivity contribution >= 4 is 28.4 Å². The molecule has 0 saturated carbocycles. The van der Waals surface area contributed by atoms with Crippen LogP contribution in [0.1, 0.15) is 12.8 Å². The maximum atomic E-state index is 13.2. The summed E-state index contributed by atoms with van der Waals surface area (Å²) in [5, 5.41) is 0. The van der Waals surface area contributed by atoms with Crippen LogP contribution in [0.4, 0.5) is 15.8 Å². The Hall–Kier alpha value is -3.29. The van der Waals surface area contributed by atoms with Crippen LogP contribution in [0.3, 0.4) is 0 Å². The molecule has 1 atom stereocenters. The second-order valence-electron chi connectivity index (χ2n) is 8.17. The van der Waals surface area contributed by atoms with Crippen molar-refractivity contribution < 1.29 is 9.18 Å². The predicted octanol–water partition coefficient (Wildman–Crippen LogP) is 2.73. The van der Waals surface area contributed by atoms with Crippen molar-refractivity contribution in [2.45, 2.75) is 12.8 Å². The van der Waals surface area contributed by atoms with Crippen LogP contribution in [-0.2, 0) is 4.79 Å². The number of benzene rings is 1. The van der Waals surface area contributed by atoms with Crippen molar-refractivity contribution in [1.29, 1.82) is 0 Å². The molecule has 2 aliphatic rings. The zero-order chi connectivity index (χ0) is 21.2. The molecule has 1 amide bonds. The van der Waals surface area contributed by atoms with Gasteiger partial charge in [-0.25, -0.2) is 14.4 Å². The van der Waals surface area contributed by atoms with Crippen molar-refractivity contribution in [3.05, 3.63) is 54.7 Å². The summed E-state index contributed by atoms with van der Waals surface area (Å²) in [6.07, 6.45) is 7.02. The van der Waals surface area contributed by atoms with Crippen LogP contribution in [-0.4, -0.2) is 65.0 Å². The number of halogens is 1. The molecule has 2 aromatic heterocycles. The lowest BCUT2D eigenvalue weighted by Crippen LogP contribution is -2.52. The van der Waals surface area contributed by atoms with Crippen LogP contribution < -0.4 is 9.80 Å². The molecule has 4 heterocycles. The smallest absolute Gasteiger partial charge is 0.227 e. The Morgan fingerprint density at radius 2 is 1.68 bits per heavy atom. The number of rotatable bonds is 3. The number of hydrogen-bond acceptors (Lipinski definition) is 6. The van der Waals surface area contributed by atoms with Crippen molar-refractivity contribution in [1.82, 2.24) is 19.9 Å². The van der Waals surface area contributed by atoms with Gasteiger partial charge in [0.25, 0.3) is 0 Å². The second kappa shape index (κ2) is 8.45. The normalized spacial score (nSPS) is 19.6. The number of nitrogens with zero attached hydrogens (tertiary/aromatic N) is 6. The van der Waals surface area contributed by atoms with Gasteiger partial charge in [-0.15, -0.1) is 0 Å². The number of carbonyl (C=O) groups excluding carboxylic acids is 1. The number of aromatic nitrogens is 3. The molecule has 8 heteroatoms. The number of pyridine rings is 1. The van der Waals surface area contributed by atoms with Crippen molar-refractivity contribution in [2.75, 3.05) is 49.1 Å². The van der Waals surface area contributed by atoms with E-state index in [1.54, 1.807) is 24.5 Å². The lowest BCUT2D eigenvalue weighted by molar-refractivity contribution is -0.136. The Morgan fingerprint density at radius 3 is 2.48 bits per heavy atom. The minimum absolute atomic E-state index is 0.0105. The summed E-state index contributed by atoms with van der Waals surface area (Å²) in [5.74, 6) is -0.00579. The van der Waals surface area contributed by atoms with E-state index in [1.807, 2.05) is 17.2 Å². The van der Waals surface area contributed by atoms with Crippen LogP contribution in [0.15, 0.2) is 48.9 Å². The molecule has 31 heavy (non-hydrogen) atoms. The molecule has 0 N–H and O–H groups in total. The molecule has 1 aromatic carbocycles. The van der Waals surface area contributed by atoms with E-state index >= 15 is 0 Å². The average molecular weight is 420 g/mol. The highest BCUT2D eigenvalue weighted by Crippen LogP contribution is 2.26. The van der Waals surface area contributed by atoms with Gasteiger partial charge >= 0.3 is 0 Å². The molecular weight excluding hydrogens is 395 g/mol. The van der Waals surface area contributed by atoms with Gasteiger partial charge in [0.15, 0.2) is 5.65 Å². The SMILES string of the molecule is O=C([C@@H]1CCCN(c2cnc3nccnc3c2)C1)N1CCN(c2ccc(F)cc2)CC1. The topological polar surface area (TPSA) is 65.5 Å². The summed E-state index contributed by atoms with van der Waals surface area (Å²) in [4.78, 5) is 32.6. The lowest BCUT2D eigenvalue weighted by Gasteiger charge is -2.40. The molecule has 160 valence electrons. The van der Waals surface area contributed by atoms with E-state index in [1.165, 1.54) is 12.1 Å². The highest BCUT2D eigenvalue weighted by atomic mass is 19.1. The minimum Gasteiger partial charge on any atom is -0.369 e. The minimum atomic E-state index is -0.229. The first kappa shape index (κ1) is 19.7. The van der Waals surface area contributed by atoms with Gasteiger partial charge in [0, 0.05) is 57.3 Å².